The molecule has 0 saturated heterocycles. The third-order valence-electron chi connectivity index (χ3n) is 4.62. The van der Waals surface area contributed by atoms with Crippen LogP contribution in [0.5, 0.6) is 0 Å². The molecule has 1 unspecified atom stereocenters. The van der Waals surface area contributed by atoms with Crippen LogP contribution in [0, 0.1) is 11.3 Å². The first-order valence-corrected chi connectivity index (χ1v) is 10.2. The second-order valence-corrected chi connectivity index (χ2v) is 9.69. The molecular weight excluding hydrogens is 370 g/mol. The van der Waals surface area contributed by atoms with E-state index >= 15 is 0 Å². The number of rotatable bonds is 3. The summed E-state index contributed by atoms with van der Waals surface area (Å²) in [6.07, 6.45) is 0.752. The minimum atomic E-state index is -1.31. The van der Waals surface area contributed by atoms with Gasteiger partial charge in [-0.1, -0.05) is 16.5 Å². The fourth-order valence-electron chi connectivity index (χ4n) is 3.03. The lowest BCUT2D eigenvalue weighted by atomic mass is 10.1. The van der Waals surface area contributed by atoms with Crippen molar-refractivity contribution < 1.29 is 9.35 Å². The van der Waals surface area contributed by atoms with E-state index in [1.54, 1.807) is 29.2 Å². The van der Waals surface area contributed by atoms with Gasteiger partial charge in [-0.2, -0.15) is 5.26 Å². The summed E-state index contributed by atoms with van der Waals surface area (Å²) in [5.74, 6) is -0.108. The van der Waals surface area contributed by atoms with Gasteiger partial charge in [-0.15, -0.1) is 0 Å². The highest BCUT2D eigenvalue weighted by molar-refractivity contribution is 7.91. The van der Waals surface area contributed by atoms with E-state index in [1.165, 1.54) is 0 Å². The minimum absolute atomic E-state index is 0.108. The van der Waals surface area contributed by atoms with Gasteiger partial charge >= 0.3 is 0 Å². The van der Waals surface area contributed by atoms with Crippen LogP contribution in [-0.4, -0.2) is 27.5 Å². The van der Waals surface area contributed by atoms with Gasteiger partial charge in [0.05, 0.1) is 17.3 Å². The normalized spacial score (nSPS) is 15.1. The van der Waals surface area contributed by atoms with Crippen molar-refractivity contribution in [1.82, 2.24) is 0 Å². The Hall–Kier alpha value is -2.62. The largest absolute Gasteiger partial charge is 0.591 e. The van der Waals surface area contributed by atoms with Gasteiger partial charge in [-0.25, -0.2) is 0 Å². The summed E-state index contributed by atoms with van der Waals surface area (Å²) in [5, 5.41) is 9.05. The van der Waals surface area contributed by atoms with Gasteiger partial charge in [0.15, 0.2) is 0 Å². The van der Waals surface area contributed by atoms with Crippen molar-refractivity contribution >= 4 is 28.7 Å². The van der Waals surface area contributed by atoms with Crippen LogP contribution in [-0.2, 0) is 17.8 Å². The molecule has 0 aliphatic carbocycles. The molecule has 1 aliphatic heterocycles. The van der Waals surface area contributed by atoms with Crippen molar-refractivity contribution in [2.24, 2.45) is 4.40 Å². The first-order valence-electron chi connectivity index (χ1n) is 9.13. The van der Waals surface area contributed by atoms with E-state index in [4.69, 9.17) is 5.26 Å². The summed E-state index contributed by atoms with van der Waals surface area (Å²) >= 11 is -1.31. The second-order valence-electron chi connectivity index (χ2n) is 7.78. The predicted octanol–water partition coefficient (Wildman–Crippen LogP) is 4.03. The van der Waals surface area contributed by atoms with Crippen molar-refractivity contribution in [2.45, 2.75) is 38.9 Å². The molecule has 1 heterocycles. The molecule has 6 heteroatoms. The summed E-state index contributed by atoms with van der Waals surface area (Å²) < 4.78 is 16.2. The Morgan fingerprint density at radius 1 is 1.21 bits per heavy atom. The summed E-state index contributed by atoms with van der Waals surface area (Å²) in [4.78, 5) is 14.7. The smallest absolute Gasteiger partial charge is 0.258 e. The number of nitriles is 1. The molecule has 0 radical (unpaired) electrons. The standard InChI is InChI=1S/C22H23N3O2S/c1-15(24-28(27)22(2,3)4)17-8-9-20-18(13-17)10-11-25(20)21(26)19-7-5-6-16(12-19)14-23/h5-9,12-13H,10-11H2,1-4H3/b24-15+. The van der Waals surface area contributed by atoms with Crippen LogP contribution in [0.25, 0.3) is 0 Å². The Morgan fingerprint density at radius 3 is 2.64 bits per heavy atom. The molecule has 28 heavy (non-hydrogen) atoms. The highest BCUT2D eigenvalue weighted by Crippen LogP contribution is 2.31. The fourth-order valence-corrected chi connectivity index (χ4v) is 3.66. The first-order chi connectivity index (χ1) is 13.2. The molecule has 3 rings (SSSR count). The van der Waals surface area contributed by atoms with E-state index in [1.807, 2.05) is 45.9 Å². The topological polar surface area (TPSA) is 79.5 Å². The van der Waals surface area contributed by atoms with Gasteiger partial charge in [0, 0.05) is 23.4 Å². The zero-order valence-electron chi connectivity index (χ0n) is 16.5. The van der Waals surface area contributed by atoms with E-state index < -0.39 is 16.1 Å². The van der Waals surface area contributed by atoms with Gasteiger partial charge in [-0.3, -0.25) is 4.79 Å². The lowest BCUT2D eigenvalue weighted by Gasteiger charge is -2.19. The monoisotopic (exact) mass is 393 g/mol. The molecule has 0 spiro atoms. The number of hydrogen-bond acceptors (Lipinski definition) is 4. The van der Waals surface area contributed by atoms with Crippen molar-refractivity contribution in [3.63, 3.8) is 0 Å². The maximum absolute atomic E-state index is 12.9. The quantitative estimate of drug-likeness (QED) is 0.583. The molecule has 5 nitrogen and oxygen atoms in total. The third kappa shape index (κ3) is 4.11. The Labute approximate surface area is 169 Å². The SMILES string of the molecule is C/C(=N\[S+]([O-])C(C)(C)C)c1ccc2c(c1)CCN2C(=O)c1cccc(C#N)c1. The molecule has 1 aliphatic rings. The van der Waals surface area contributed by atoms with E-state index in [0.717, 1.165) is 28.9 Å². The van der Waals surface area contributed by atoms with Crippen LogP contribution in [0.2, 0.25) is 0 Å². The predicted molar refractivity (Wildman–Crippen MR) is 113 cm³/mol. The molecule has 144 valence electrons. The maximum atomic E-state index is 12.9. The number of carbonyl (C=O) groups is 1. The van der Waals surface area contributed by atoms with E-state index in [2.05, 4.69) is 10.5 Å². The Bertz CT molecular complexity index is 986. The Kier molecular flexibility index (Phi) is 5.59. The Balaban J connectivity index is 1.86. The van der Waals surface area contributed by atoms with E-state index in [9.17, 15) is 9.35 Å². The number of benzene rings is 2. The molecule has 1 amide bonds. The molecule has 0 fully saturated rings. The second kappa shape index (κ2) is 7.78. The fraction of sp³-hybridized carbons (Fsp3) is 0.318. The average molecular weight is 394 g/mol. The number of hydrogen-bond donors (Lipinski definition) is 0. The molecule has 0 bridgehead atoms. The van der Waals surface area contributed by atoms with Crippen LogP contribution >= 0.6 is 0 Å². The molecule has 1 atom stereocenters. The van der Waals surface area contributed by atoms with Crippen LogP contribution in [0.4, 0.5) is 5.69 Å². The van der Waals surface area contributed by atoms with Crippen LogP contribution in [0.15, 0.2) is 46.9 Å². The van der Waals surface area contributed by atoms with Crippen molar-refractivity contribution in [3.8, 4) is 6.07 Å². The minimum Gasteiger partial charge on any atom is -0.591 e. The number of nitrogens with zero attached hydrogens (tertiary/aromatic N) is 3. The molecule has 0 N–H and O–H groups in total. The van der Waals surface area contributed by atoms with Gasteiger partial charge in [0.2, 0.25) is 0 Å². The molecule has 2 aromatic carbocycles. The van der Waals surface area contributed by atoms with Crippen LogP contribution in [0.1, 0.15) is 54.7 Å². The summed E-state index contributed by atoms with van der Waals surface area (Å²) in [6, 6.07) is 14.7. The maximum Gasteiger partial charge on any atom is 0.258 e. The molecule has 2 aromatic rings. The molecule has 0 saturated carbocycles. The zero-order valence-corrected chi connectivity index (χ0v) is 17.3. The zero-order chi connectivity index (χ0) is 20.5. The first kappa shape index (κ1) is 20.1. The average Bonchev–Trinajstić information content (AvgIpc) is 3.09. The number of fused-ring (bicyclic) bond motifs is 1. The Morgan fingerprint density at radius 2 is 1.96 bits per heavy atom. The van der Waals surface area contributed by atoms with Gasteiger partial charge in [0.25, 0.3) is 5.91 Å². The van der Waals surface area contributed by atoms with Gasteiger partial charge in [0.1, 0.15) is 16.1 Å². The number of anilines is 1. The van der Waals surface area contributed by atoms with E-state index in [0.29, 0.717) is 17.7 Å². The summed E-state index contributed by atoms with van der Waals surface area (Å²) in [6.45, 7) is 8.14. The summed E-state index contributed by atoms with van der Waals surface area (Å²) in [7, 11) is 0. The number of amides is 1. The molecule has 0 aromatic heterocycles. The van der Waals surface area contributed by atoms with Crippen molar-refractivity contribution in [2.75, 3.05) is 11.4 Å². The number of carbonyl (C=O) groups excluding carboxylic acids is 1. The lowest BCUT2D eigenvalue weighted by molar-refractivity contribution is 0.0989. The lowest BCUT2D eigenvalue weighted by Crippen LogP contribution is -2.28. The highest BCUT2D eigenvalue weighted by Gasteiger charge is 2.28. The van der Waals surface area contributed by atoms with Gasteiger partial charge in [-0.05, 0) is 70.0 Å². The van der Waals surface area contributed by atoms with E-state index in [-0.39, 0.29) is 5.91 Å². The van der Waals surface area contributed by atoms with Crippen molar-refractivity contribution in [3.05, 3.63) is 64.7 Å². The third-order valence-corrected chi connectivity index (χ3v) is 6.11. The van der Waals surface area contributed by atoms with Crippen LogP contribution in [0.3, 0.4) is 0 Å². The van der Waals surface area contributed by atoms with Crippen LogP contribution < -0.4 is 4.90 Å². The van der Waals surface area contributed by atoms with Gasteiger partial charge < -0.3 is 9.45 Å². The summed E-state index contributed by atoms with van der Waals surface area (Å²) in [5.41, 5.74) is 4.56. The highest BCUT2D eigenvalue weighted by atomic mass is 32.2. The van der Waals surface area contributed by atoms with Crippen molar-refractivity contribution in [1.29, 1.82) is 5.26 Å². The molecular formula is C22H23N3O2S.